The van der Waals surface area contributed by atoms with Gasteiger partial charge in [0.25, 0.3) is 0 Å². The molecule has 0 unspecified atom stereocenters. The summed E-state index contributed by atoms with van der Waals surface area (Å²) >= 11 is 5.86. The Hall–Kier alpha value is -0.690. The maximum atomic E-state index is 10.2. The fraction of sp³-hybridized carbons (Fsp3) is 0.667. The zero-order valence-corrected chi connectivity index (χ0v) is 14.6. The van der Waals surface area contributed by atoms with E-state index in [9.17, 15) is 15.3 Å². The molecule has 24 heavy (non-hydrogen) atoms. The number of hydrogen-bond acceptors (Lipinski definition) is 5. The highest BCUT2D eigenvalue weighted by Gasteiger charge is 2.43. The van der Waals surface area contributed by atoms with Crippen LogP contribution in [0.5, 0.6) is 0 Å². The summed E-state index contributed by atoms with van der Waals surface area (Å²) in [4.78, 5) is 0. The second-order valence-corrected chi connectivity index (χ2v) is 7.05. The van der Waals surface area contributed by atoms with Crippen LogP contribution in [0.1, 0.15) is 37.7 Å². The van der Waals surface area contributed by atoms with Crippen LogP contribution in [0, 0.1) is 0 Å². The summed E-state index contributed by atoms with van der Waals surface area (Å²) in [5, 5.41) is 42.6. The molecule has 136 valence electrons. The van der Waals surface area contributed by atoms with Gasteiger partial charge < -0.3 is 25.7 Å². The maximum absolute atomic E-state index is 10.2. The van der Waals surface area contributed by atoms with Gasteiger partial charge in [0.05, 0.1) is 37.0 Å². The Morgan fingerprint density at radius 2 is 1.67 bits per heavy atom. The Labute approximate surface area is 148 Å². The van der Waals surface area contributed by atoms with Gasteiger partial charge in [0.1, 0.15) is 0 Å². The molecule has 0 bridgehead atoms. The van der Waals surface area contributed by atoms with E-state index in [-0.39, 0.29) is 6.61 Å². The molecule has 5 N–H and O–H groups in total. The van der Waals surface area contributed by atoms with E-state index in [1.165, 1.54) is 5.56 Å². The Kier molecular flexibility index (Phi) is 7.94. The van der Waals surface area contributed by atoms with E-state index in [0.717, 1.165) is 37.1 Å². The Morgan fingerprint density at radius 3 is 2.29 bits per heavy atom. The van der Waals surface area contributed by atoms with Crippen LogP contribution in [-0.4, -0.2) is 57.4 Å². The van der Waals surface area contributed by atoms with E-state index in [0.29, 0.717) is 6.42 Å². The first kappa shape index (κ1) is 19.6. The number of aliphatic hydroxyl groups is 4. The van der Waals surface area contributed by atoms with E-state index in [2.05, 4.69) is 5.32 Å². The third-order valence-electron chi connectivity index (χ3n) is 4.78. The van der Waals surface area contributed by atoms with Crippen molar-refractivity contribution in [1.29, 1.82) is 0 Å². The molecule has 0 saturated carbocycles. The van der Waals surface area contributed by atoms with Gasteiger partial charge in [-0.1, -0.05) is 43.0 Å². The van der Waals surface area contributed by atoms with Crippen molar-refractivity contribution in [2.24, 2.45) is 0 Å². The van der Waals surface area contributed by atoms with Gasteiger partial charge in [-0.05, 0) is 37.0 Å². The van der Waals surface area contributed by atoms with Crippen LogP contribution in [-0.2, 0) is 6.42 Å². The molecule has 1 aromatic carbocycles. The fourth-order valence-corrected chi connectivity index (χ4v) is 3.39. The first-order valence-electron chi connectivity index (χ1n) is 8.68. The van der Waals surface area contributed by atoms with Crippen molar-refractivity contribution < 1.29 is 20.4 Å². The molecule has 2 rings (SSSR count). The van der Waals surface area contributed by atoms with E-state index in [1.807, 2.05) is 24.3 Å². The summed E-state index contributed by atoms with van der Waals surface area (Å²) in [7, 11) is 0. The average molecular weight is 358 g/mol. The minimum atomic E-state index is -1.04. The average Bonchev–Trinajstić information content (AvgIpc) is 2.87. The summed E-state index contributed by atoms with van der Waals surface area (Å²) in [5.74, 6) is 0. The SMILES string of the molecule is OC[C@H]1N[C@H]([C@H](O)CCCCCCc2ccc(Cl)cc2)[C@@H](O)[C@@H]1O. The second kappa shape index (κ2) is 9.70. The highest BCUT2D eigenvalue weighted by Crippen LogP contribution is 2.20. The third-order valence-corrected chi connectivity index (χ3v) is 5.03. The molecule has 0 radical (unpaired) electrons. The van der Waals surface area contributed by atoms with Crippen molar-refractivity contribution in [3.8, 4) is 0 Å². The lowest BCUT2D eigenvalue weighted by Gasteiger charge is -2.22. The normalized spacial score (nSPS) is 28.2. The first-order valence-corrected chi connectivity index (χ1v) is 9.06. The predicted octanol–water partition coefficient (Wildman–Crippen LogP) is 1.25. The zero-order valence-electron chi connectivity index (χ0n) is 13.8. The summed E-state index contributed by atoms with van der Waals surface area (Å²) in [6.07, 6.45) is 2.85. The molecule has 1 aromatic rings. The third kappa shape index (κ3) is 5.41. The molecule has 5 atom stereocenters. The zero-order chi connectivity index (χ0) is 17.5. The van der Waals surface area contributed by atoms with E-state index >= 15 is 0 Å². The molecular formula is C18H28ClNO4. The number of halogens is 1. The number of hydrogen-bond donors (Lipinski definition) is 5. The van der Waals surface area contributed by atoms with Crippen LogP contribution in [0.2, 0.25) is 5.02 Å². The van der Waals surface area contributed by atoms with Gasteiger partial charge in [0.2, 0.25) is 0 Å². The van der Waals surface area contributed by atoms with Gasteiger partial charge in [0, 0.05) is 5.02 Å². The van der Waals surface area contributed by atoms with Crippen molar-refractivity contribution in [1.82, 2.24) is 5.32 Å². The largest absolute Gasteiger partial charge is 0.395 e. The fourth-order valence-electron chi connectivity index (χ4n) is 3.26. The molecule has 0 amide bonds. The molecule has 6 heteroatoms. The van der Waals surface area contributed by atoms with Crippen LogP contribution < -0.4 is 5.32 Å². The predicted molar refractivity (Wildman–Crippen MR) is 94.1 cm³/mol. The lowest BCUT2D eigenvalue weighted by Crippen LogP contribution is -2.44. The minimum absolute atomic E-state index is 0.258. The maximum Gasteiger partial charge on any atom is 0.0993 e. The Morgan fingerprint density at radius 1 is 1.00 bits per heavy atom. The number of nitrogens with one attached hydrogen (secondary N) is 1. The monoisotopic (exact) mass is 357 g/mol. The highest BCUT2D eigenvalue weighted by molar-refractivity contribution is 6.30. The smallest absolute Gasteiger partial charge is 0.0993 e. The Balaban J connectivity index is 1.59. The van der Waals surface area contributed by atoms with Crippen LogP contribution >= 0.6 is 11.6 Å². The molecular weight excluding hydrogens is 330 g/mol. The molecule has 5 nitrogen and oxygen atoms in total. The standard InChI is InChI=1S/C18H28ClNO4/c19-13-9-7-12(8-10-13)5-3-1-2-4-6-15(22)16-18(24)17(23)14(11-21)20-16/h7-10,14-18,20-24H,1-6,11H2/t14-,15-,16-,17-,18-/m1/s1. The van der Waals surface area contributed by atoms with Gasteiger partial charge in [-0.2, -0.15) is 0 Å². The van der Waals surface area contributed by atoms with Crippen molar-refractivity contribution >= 4 is 11.6 Å². The van der Waals surface area contributed by atoms with Crippen LogP contribution in [0.25, 0.3) is 0 Å². The molecule has 1 heterocycles. The first-order chi connectivity index (χ1) is 11.5. The molecule has 0 spiro atoms. The molecule has 1 saturated heterocycles. The van der Waals surface area contributed by atoms with Crippen molar-refractivity contribution in [3.63, 3.8) is 0 Å². The number of rotatable bonds is 9. The minimum Gasteiger partial charge on any atom is -0.395 e. The van der Waals surface area contributed by atoms with E-state index < -0.39 is 30.4 Å². The lowest BCUT2D eigenvalue weighted by molar-refractivity contribution is -0.00443. The quantitative estimate of drug-likeness (QED) is 0.429. The molecule has 1 fully saturated rings. The number of aliphatic hydroxyl groups excluding tert-OH is 4. The molecule has 0 aromatic heterocycles. The van der Waals surface area contributed by atoms with E-state index in [4.69, 9.17) is 16.7 Å². The summed E-state index contributed by atoms with van der Waals surface area (Å²) < 4.78 is 0. The highest BCUT2D eigenvalue weighted by atomic mass is 35.5. The van der Waals surface area contributed by atoms with E-state index in [1.54, 1.807) is 0 Å². The van der Waals surface area contributed by atoms with Crippen LogP contribution in [0.3, 0.4) is 0 Å². The van der Waals surface area contributed by atoms with Gasteiger partial charge in [-0.3, -0.25) is 0 Å². The topological polar surface area (TPSA) is 93.0 Å². The molecule has 0 aliphatic carbocycles. The summed E-state index contributed by atoms with van der Waals surface area (Å²) in [6, 6.07) is 6.75. The van der Waals surface area contributed by atoms with Crippen LogP contribution in [0.4, 0.5) is 0 Å². The number of aryl methyl sites for hydroxylation is 1. The van der Waals surface area contributed by atoms with Gasteiger partial charge in [-0.25, -0.2) is 0 Å². The summed E-state index contributed by atoms with van der Waals surface area (Å²) in [5.41, 5.74) is 1.28. The molecule has 1 aliphatic heterocycles. The van der Waals surface area contributed by atoms with Gasteiger partial charge >= 0.3 is 0 Å². The summed E-state index contributed by atoms with van der Waals surface area (Å²) in [6.45, 7) is -0.258. The Bertz CT molecular complexity index is 484. The lowest BCUT2D eigenvalue weighted by atomic mass is 9.98. The van der Waals surface area contributed by atoms with Gasteiger partial charge in [-0.15, -0.1) is 0 Å². The van der Waals surface area contributed by atoms with Crippen molar-refractivity contribution in [3.05, 3.63) is 34.9 Å². The van der Waals surface area contributed by atoms with Crippen molar-refractivity contribution in [2.75, 3.05) is 6.61 Å². The second-order valence-electron chi connectivity index (χ2n) is 6.61. The molecule has 1 aliphatic rings. The number of benzene rings is 1. The van der Waals surface area contributed by atoms with Gasteiger partial charge in [0.15, 0.2) is 0 Å². The number of unbranched alkanes of at least 4 members (excludes halogenated alkanes) is 3. The van der Waals surface area contributed by atoms with Crippen molar-refractivity contribution in [2.45, 2.75) is 68.9 Å². The van der Waals surface area contributed by atoms with Crippen LogP contribution in [0.15, 0.2) is 24.3 Å².